The molecule has 0 aromatic rings. The molecule has 3 nitrogen and oxygen atoms in total. The SMILES string of the molecule is O=[P+](O)O.[CH2-]CCC.[Na+]. The number of hydrogen-bond acceptors (Lipinski definition) is 1. The zero-order valence-corrected chi connectivity index (χ0v) is 8.77. The minimum atomic E-state index is -2.87. The van der Waals surface area contributed by atoms with Crippen LogP contribution in [0.2, 0.25) is 0 Å². The quantitative estimate of drug-likeness (QED) is 0.272. The van der Waals surface area contributed by atoms with Crippen molar-refractivity contribution in [3.63, 3.8) is 0 Å². The summed E-state index contributed by atoms with van der Waals surface area (Å²) in [6.45, 7) is 5.72. The van der Waals surface area contributed by atoms with Crippen LogP contribution in [-0.2, 0) is 4.57 Å². The number of hydrogen-bond donors (Lipinski definition) is 2. The predicted octanol–water partition coefficient (Wildman–Crippen LogP) is -1.75. The maximum absolute atomic E-state index is 8.70. The summed E-state index contributed by atoms with van der Waals surface area (Å²) in [4.78, 5) is 14.2. The summed E-state index contributed by atoms with van der Waals surface area (Å²) in [5.74, 6) is 0. The van der Waals surface area contributed by atoms with Gasteiger partial charge in [0, 0.05) is 4.57 Å². The van der Waals surface area contributed by atoms with Gasteiger partial charge in [0.25, 0.3) is 0 Å². The van der Waals surface area contributed by atoms with Crippen molar-refractivity contribution in [1.29, 1.82) is 0 Å². The molecule has 0 aliphatic rings. The average Bonchev–Trinajstić information content (AvgIpc) is 1.65. The monoisotopic (exact) mass is 161 g/mol. The van der Waals surface area contributed by atoms with Crippen LogP contribution in [-0.4, -0.2) is 9.79 Å². The van der Waals surface area contributed by atoms with Gasteiger partial charge in [0.2, 0.25) is 0 Å². The molecule has 0 unspecified atom stereocenters. The first-order chi connectivity index (χ1) is 3.65. The summed E-state index contributed by atoms with van der Waals surface area (Å²) in [5, 5.41) is 0. The normalized spacial score (nSPS) is 6.22. The van der Waals surface area contributed by atoms with E-state index in [1.54, 1.807) is 0 Å². The molecule has 0 aromatic carbocycles. The van der Waals surface area contributed by atoms with Gasteiger partial charge in [0.05, 0.1) is 0 Å². The second-order valence-electron chi connectivity index (χ2n) is 1.11. The Bertz CT molecular complexity index is 53.8. The van der Waals surface area contributed by atoms with E-state index >= 15 is 0 Å². The van der Waals surface area contributed by atoms with E-state index in [9.17, 15) is 0 Å². The van der Waals surface area contributed by atoms with Crippen LogP contribution in [0.3, 0.4) is 0 Å². The van der Waals surface area contributed by atoms with Gasteiger partial charge in [0.15, 0.2) is 0 Å². The maximum atomic E-state index is 8.70. The maximum Gasteiger partial charge on any atom is 1.00 e. The minimum absolute atomic E-state index is 0. The van der Waals surface area contributed by atoms with Crippen LogP contribution in [0.25, 0.3) is 0 Å². The van der Waals surface area contributed by atoms with Crippen LogP contribution in [0.1, 0.15) is 19.8 Å². The first-order valence-corrected chi connectivity index (χ1v) is 3.45. The van der Waals surface area contributed by atoms with Crippen molar-refractivity contribution in [2.24, 2.45) is 0 Å². The third-order valence-corrected chi connectivity index (χ3v) is 0.354. The molecule has 0 aliphatic heterocycles. The van der Waals surface area contributed by atoms with E-state index in [0.29, 0.717) is 0 Å². The Hall–Kier alpha value is 1.02. The predicted molar refractivity (Wildman–Crippen MR) is 32.3 cm³/mol. The van der Waals surface area contributed by atoms with Crippen molar-refractivity contribution >= 4 is 8.25 Å². The van der Waals surface area contributed by atoms with Crippen molar-refractivity contribution in [1.82, 2.24) is 0 Å². The van der Waals surface area contributed by atoms with E-state index in [-0.39, 0.29) is 29.6 Å². The molecule has 0 radical (unpaired) electrons. The van der Waals surface area contributed by atoms with E-state index in [1.165, 1.54) is 6.42 Å². The van der Waals surface area contributed by atoms with E-state index in [0.717, 1.165) is 6.42 Å². The minimum Gasteiger partial charge on any atom is -0.343 e. The molecule has 9 heavy (non-hydrogen) atoms. The molecule has 0 rings (SSSR count). The Kier molecular flexibility index (Phi) is 29.4. The van der Waals surface area contributed by atoms with Gasteiger partial charge in [-0.05, 0) is 0 Å². The van der Waals surface area contributed by atoms with Crippen molar-refractivity contribution in [3.05, 3.63) is 6.92 Å². The molecule has 0 fully saturated rings. The largest absolute Gasteiger partial charge is 1.00 e. The summed E-state index contributed by atoms with van der Waals surface area (Å²) in [6.07, 6.45) is 2.28. The molecule has 5 heteroatoms. The molecule has 0 aliphatic carbocycles. The molecular formula is C4H11NaO3P+. The Labute approximate surface area is 78.7 Å². The Morgan fingerprint density at radius 1 is 1.56 bits per heavy atom. The molecule has 0 saturated heterocycles. The van der Waals surface area contributed by atoms with Crippen LogP contribution >= 0.6 is 8.25 Å². The fraction of sp³-hybridized carbons (Fsp3) is 0.750. The van der Waals surface area contributed by atoms with Crippen LogP contribution in [0.5, 0.6) is 0 Å². The number of rotatable bonds is 1. The second-order valence-corrected chi connectivity index (χ2v) is 1.61. The molecule has 50 valence electrons. The topological polar surface area (TPSA) is 57.5 Å². The molecule has 0 aromatic heterocycles. The zero-order valence-electron chi connectivity index (χ0n) is 5.87. The summed E-state index contributed by atoms with van der Waals surface area (Å²) >= 11 is 0. The molecule has 0 spiro atoms. The molecule has 0 heterocycles. The standard InChI is InChI=1S/C4H9.Na.HO3P/c1-3-4-2;;1-4(2)3/h1,3-4H2,2H3;;(H-,1,2,3)/q-1;+1;/p+1. The fourth-order valence-corrected chi connectivity index (χ4v) is 0. The van der Waals surface area contributed by atoms with Gasteiger partial charge < -0.3 is 6.92 Å². The summed E-state index contributed by atoms with van der Waals surface area (Å²) in [5.41, 5.74) is 0. The van der Waals surface area contributed by atoms with E-state index < -0.39 is 8.25 Å². The van der Waals surface area contributed by atoms with E-state index in [1.807, 2.05) is 0 Å². The Morgan fingerprint density at radius 2 is 1.67 bits per heavy atom. The average molecular weight is 161 g/mol. The van der Waals surface area contributed by atoms with Crippen LogP contribution < -0.4 is 29.6 Å². The molecule has 0 bridgehead atoms. The Morgan fingerprint density at radius 3 is 1.67 bits per heavy atom. The fourth-order valence-electron chi connectivity index (χ4n) is 0. The van der Waals surface area contributed by atoms with Crippen molar-refractivity contribution in [2.75, 3.05) is 0 Å². The molecular weight excluding hydrogens is 150 g/mol. The molecule has 0 saturated carbocycles. The van der Waals surface area contributed by atoms with Gasteiger partial charge in [0.1, 0.15) is 0 Å². The summed E-state index contributed by atoms with van der Waals surface area (Å²) in [6, 6.07) is 0. The summed E-state index contributed by atoms with van der Waals surface area (Å²) < 4.78 is 8.70. The van der Waals surface area contributed by atoms with Gasteiger partial charge >= 0.3 is 37.8 Å². The van der Waals surface area contributed by atoms with E-state index in [2.05, 4.69) is 13.8 Å². The first-order valence-electron chi connectivity index (χ1n) is 2.29. The smallest absolute Gasteiger partial charge is 0.343 e. The van der Waals surface area contributed by atoms with Crippen molar-refractivity contribution < 1.29 is 43.9 Å². The van der Waals surface area contributed by atoms with Crippen LogP contribution in [0, 0.1) is 6.92 Å². The van der Waals surface area contributed by atoms with Gasteiger partial charge in [-0.2, -0.15) is 6.42 Å². The van der Waals surface area contributed by atoms with Crippen molar-refractivity contribution in [2.45, 2.75) is 19.8 Å². The zero-order chi connectivity index (χ0) is 6.99. The van der Waals surface area contributed by atoms with Gasteiger partial charge in [-0.1, -0.05) is 13.3 Å². The molecule has 0 amide bonds. The van der Waals surface area contributed by atoms with Crippen LogP contribution in [0.4, 0.5) is 0 Å². The second kappa shape index (κ2) is 16.0. The molecule has 2 N–H and O–H groups in total. The Balaban J connectivity index is -0.0000000720. The van der Waals surface area contributed by atoms with Gasteiger partial charge in [-0.3, -0.25) is 0 Å². The third kappa shape index (κ3) is 109. The number of unbranched alkanes of at least 4 members (excludes halogenated alkanes) is 1. The van der Waals surface area contributed by atoms with Gasteiger partial charge in [-0.15, -0.1) is 9.79 Å². The van der Waals surface area contributed by atoms with Gasteiger partial charge in [-0.25, -0.2) is 0 Å². The summed E-state index contributed by atoms with van der Waals surface area (Å²) in [7, 11) is -2.87. The third-order valence-electron chi connectivity index (χ3n) is 0.354. The molecule has 0 atom stereocenters. The van der Waals surface area contributed by atoms with Crippen LogP contribution in [0.15, 0.2) is 0 Å². The first kappa shape index (κ1) is 16.5. The van der Waals surface area contributed by atoms with E-state index in [4.69, 9.17) is 14.4 Å². The van der Waals surface area contributed by atoms with Crippen molar-refractivity contribution in [3.8, 4) is 0 Å².